The molecule has 1 aromatic heterocycles. The summed E-state index contributed by atoms with van der Waals surface area (Å²) in [4.78, 5) is 28.0. The number of carbonyl (C=O) groups is 2. The molecule has 1 heterocycles. The Morgan fingerprint density at radius 1 is 1.04 bits per heavy atom. The van der Waals surface area contributed by atoms with E-state index in [-0.39, 0.29) is 11.9 Å². The minimum atomic E-state index is -0.380. The molecule has 0 radical (unpaired) electrons. The molecule has 2 N–H and O–H groups in total. The highest BCUT2D eigenvalue weighted by atomic mass is 16.5. The van der Waals surface area contributed by atoms with E-state index in [9.17, 15) is 9.59 Å². The number of hydrogen-bond donors (Lipinski definition) is 2. The lowest BCUT2D eigenvalue weighted by atomic mass is 10.2. The van der Waals surface area contributed by atoms with Gasteiger partial charge in [0.05, 0.1) is 23.4 Å². The Balaban J connectivity index is 2.02. The van der Waals surface area contributed by atoms with Crippen molar-refractivity contribution in [2.75, 3.05) is 23.8 Å². The molecule has 0 spiro atoms. The Bertz CT molecular complexity index is 699. The Morgan fingerprint density at radius 2 is 1.79 bits per heavy atom. The van der Waals surface area contributed by atoms with Crippen molar-refractivity contribution in [1.29, 1.82) is 0 Å². The first-order valence-electron chi connectivity index (χ1n) is 7.91. The van der Waals surface area contributed by atoms with Gasteiger partial charge in [-0.3, -0.25) is 9.78 Å². The molecule has 6 heteroatoms. The summed E-state index contributed by atoms with van der Waals surface area (Å²) in [5, 5.41) is 5.97. The van der Waals surface area contributed by atoms with Gasteiger partial charge in [0, 0.05) is 24.6 Å². The molecule has 0 fully saturated rings. The van der Waals surface area contributed by atoms with Crippen molar-refractivity contribution in [2.45, 2.75) is 20.3 Å². The number of carbonyl (C=O) groups excluding carboxylic acids is 2. The van der Waals surface area contributed by atoms with Gasteiger partial charge < -0.3 is 15.4 Å². The van der Waals surface area contributed by atoms with Crippen LogP contribution in [-0.2, 0) is 4.74 Å². The summed E-state index contributed by atoms with van der Waals surface area (Å²) in [7, 11) is 0. The molecule has 0 saturated heterocycles. The van der Waals surface area contributed by atoms with Crippen LogP contribution in [0.25, 0.3) is 0 Å². The maximum Gasteiger partial charge on any atom is 0.338 e. The van der Waals surface area contributed by atoms with Gasteiger partial charge in [-0.2, -0.15) is 0 Å². The van der Waals surface area contributed by atoms with Gasteiger partial charge in [0.25, 0.3) is 5.91 Å². The Labute approximate surface area is 141 Å². The molecular weight excluding hydrogens is 306 g/mol. The molecule has 1 aromatic carbocycles. The Hall–Kier alpha value is -2.89. The molecule has 6 nitrogen and oxygen atoms in total. The molecular formula is C18H21N3O3. The molecule has 0 aliphatic heterocycles. The van der Waals surface area contributed by atoms with E-state index < -0.39 is 0 Å². The minimum Gasteiger partial charge on any atom is -0.462 e. The average molecular weight is 327 g/mol. The number of hydrogen-bond acceptors (Lipinski definition) is 5. The number of amides is 1. The molecule has 2 rings (SSSR count). The first kappa shape index (κ1) is 17.5. The van der Waals surface area contributed by atoms with E-state index >= 15 is 0 Å². The second-order valence-electron chi connectivity index (χ2n) is 5.14. The molecule has 2 aromatic rings. The third-order valence-corrected chi connectivity index (χ3v) is 3.23. The van der Waals surface area contributed by atoms with E-state index in [1.807, 2.05) is 0 Å². The topological polar surface area (TPSA) is 80.3 Å². The molecule has 126 valence electrons. The van der Waals surface area contributed by atoms with Gasteiger partial charge in [-0.05, 0) is 43.7 Å². The maximum atomic E-state index is 12.3. The summed E-state index contributed by atoms with van der Waals surface area (Å²) in [6.07, 6.45) is 4.18. The number of rotatable bonds is 7. The van der Waals surface area contributed by atoms with Crippen LogP contribution in [0.4, 0.5) is 11.4 Å². The minimum absolute atomic E-state index is 0.258. The van der Waals surface area contributed by atoms with Crippen LogP contribution in [-0.4, -0.2) is 30.0 Å². The first-order valence-corrected chi connectivity index (χ1v) is 7.91. The summed E-state index contributed by atoms with van der Waals surface area (Å²) in [6.45, 7) is 4.97. The number of nitrogens with zero attached hydrogens (tertiary/aromatic N) is 1. The van der Waals surface area contributed by atoms with E-state index in [1.54, 1.807) is 43.5 Å². The number of esters is 1. The Morgan fingerprint density at radius 3 is 2.46 bits per heavy atom. The summed E-state index contributed by atoms with van der Waals surface area (Å²) in [5.74, 6) is -0.638. The zero-order chi connectivity index (χ0) is 17.4. The maximum absolute atomic E-state index is 12.3. The molecule has 0 saturated carbocycles. The molecule has 24 heavy (non-hydrogen) atoms. The lowest BCUT2D eigenvalue weighted by molar-refractivity contribution is 0.0526. The third kappa shape index (κ3) is 4.81. The monoisotopic (exact) mass is 327 g/mol. The van der Waals surface area contributed by atoms with Crippen LogP contribution in [0, 0.1) is 0 Å². The smallest absolute Gasteiger partial charge is 0.338 e. The van der Waals surface area contributed by atoms with Gasteiger partial charge in [0.2, 0.25) is 0 Å². The van der Waals surface area contributed by atoms with Crippen LogP contribution < -0.4 is 10.6 Å². The van der Waals surface area contributed by atoms with Crippen LogP contribution in [0.5, 0.6) is 0 Å². The van der Waals surface area contributed by atoms with Gasteiger partial charge in [0.1, 0.15) is 0 Å². The van der Waals surface area contributed by atoms with Crippen molar-refractivity contribution in [2.24, 2.45) is 0 Å². The molecule has 0 aliphatic carbocycles. The summed E-state index contributed by atoms with van der Waals surface area (Å²) in [6, 6.07) is 8.31. The van der Waals surface area contributed by atoms with Crippen molar-refractivity contribution in [1.82, 2.24) is 4.98 Å². The van der Waals surface area contributed by atoms with Gasteiger partial charge in [0.15, 0.2) is 0 Å². The van der Waals surface area contributed by atoms with Crippen molar-refractivity contribution in [3.8, 4) is 0 Å². The number of ether oxygens (including phenoxy) is 1. The van der Waals surface area contributed by atoms with Crippen molar-refractivity contribution in [3.63, 3.8) is 0 Å². The lowest BCUT2D eigenvalue weighted by Crippen LogP contribution is -2.13. The normalized spacial score (nSPS) is 10.1. The highest BCUT2D eigenvalue weighted by molar-refractivity contribution is 6.04. The number of pyridine rings is 1. The zero-order valence-electron chi connectivity index (χ0n) is 13.8. The summed E-state index contributed by atoms with van der Waals surface area (Å²) >= 11 is 0. The van der Waals surface area contributed by atoms with Crippen LogP contribution in [0.1, 0.15) is 41.0 Å². The van der Waals surface area contributed by atoms with Gasteiger partial charge in [-0.25, -0.2) is 4.79 Å². The summed E-state index contributed by atoms with van der Waals surface area (Å²) < 4.78 is 4.92. The number of aromatic nitrogens is 1. The van der Waals surface area contributed by atoms with E-state index in [1.165, 1.54) is 6.20 Å². The van der Waals surface area contributed by atoms with E-state index in [4.69, 9.17) is 4.74 Å². The quantitative estimate of drug-likeness (QED) is 0.762. The third-order valence-electron chi connectivity index (χ3n) is 3.23. The fraction of sp³-hybridized carbons (Fsp3) is 0.278. The largest absolute Gasteiger partial charge is 0.462 e. The standard InChI is InChI=1S/C18H21N3O3/c1-3-9-20-16-10-14(11-19-12-16)17(22)21-15-7-5-13(6-8-15)18(23)24-4-2/h5-8,10-12,20H,3-4,9H2,1-2H3,(H,21,22). The Kier molecular flexibility index (Phi) is 6.31. The fourth-order valence-electron chi connectivity index (χ4n) is 2.04. The number of nitrogens with one attached hydrogen (secondary N) is 2. The van der Waals surface area contributed by atoms with Gasteiger partial charge in [-0.1, -0.05) is 6.92 Å². The fourth-order valence-corrected chi connectivity index (χ4v) is 2.04. The van der Waals surface area contributed by atoms with Crippen molar-refractivity contribution < 1.29 is 14.3 Å². The van der Waals surface area contributed by atoms with Crippen molar-refractivity contribution in [3.05, 3.63) is 53.9 Å². The van der Waals surface area contributed by atoms with Crippen LogP contribution >= 0.6 is 0 Å². The molecule has 0 unspecified atom stereocenters. The van der Waals surface area contributed by atoms with Crippen LogP contribution in [0.2, 0.25) is 0 Å². The predicted molar refractivity (Wildman–Crippen MR) is 93.4 cm³/mol. The molecule has 0 aliphatic rings. The SMILES string of the molecule is CCCNc1cncc(C(=O)Nc2ccc(C(=O)OCC)cc2)c1. The second-order valence-corrected chi connectivity index (χ2v) is 5.14. The first-order chi connectivity index (χ1) is 11.6. The van der Waals surface area contributed by atoms with E-state index in [0.29, 0.717) is 23.4 Å². The average Bonchev–Trinajstić information content (AvgIpc) is 2.61. The summed E-state index contributed by atoms with van der Waals surface area (Å²) in [5.41, 5.74) is 2.31. The lowest BCUT2D eigenvalue weighted by Gasteiger charge is -2.08. The van der Waals surface area contributed by atoms with Gasteiger partial charge in [-0.15, -0.1) is 0 Å². The predicted octanol–water partition coefficient (Wildman–Crippen LogP) is 3.33. The zero-order valence-corrected chi connectivity index (χ0v) is 13.8. The number of benzene rings is 1. The molecule has 0 bridgehead atoms. The highest BCUT2D eigenvalue weighted by Crippen LogP contribution is 2.14. The van der Waals surface area contributed by atoms with Gasteiger partial charge >= 0.3 is 5.97 Å². The molecule has 0 atom stereocenters. The van der Waals surface area contributed by atoms with E-state index in [0.717, 1.165) is 18.7 Å². The molecule has 1 amide bonds. The second kappa shape index (κ2) is 8.67. The van der Waals surface area contributed by atoms with Crippen LogP contribution in [0.3, 0.4) is 0 Å². The number of anilines is 2. The van der Waals surface area contributed by atoms with E-state index in [2.05, 4.69) is 22.5 Å². The highest BCUT2D eigenvalue weighted by Gasteiger charge is 2.09. The van der Waals surface area contributed by atoms with Crippen molar-refractivity contribution >= 4 is 23.3 Å². The van der Waals surface area contributed by atoms with Crippen LogP contribution in [0.15, 0.2) is 42.7 Å².